The van der Waals surface area contributed by atoms with E-state index in [1.807, 2.05) is 0 Å². The highest BCUT2D eigenvalue weighted by molar-refractivity contribution is 5.79. The molecule has 1 saturated carbocycles. The van der Waals surface area contributed by atoms with Crippen LogP contribution in [0, 0.1) is 5.92 Å². The zero-order valence-corrected chi connectivity index (χ0v) is 7.75. The Labute approximate surface area is 74.0 Å². The molecule has 0 aliphatic heterocycles. The molecule has 0 aromatic heterocycles. The molecule has 0 aromatic rings. The second-order valence-corrected chi connectivity index (χ2v) is 3.73. The van der Waals surface area contributed by atoms with Crippen LogP contribution in [0.4, 0.5) is 0 Å². The Bertz CT molecular complexity index is 144. The van der Waals surface area contributed by atoms with Gasteiger partial charge in [0.15, 0.2) is 0 Å². The van der Waals surface area contributed by atoms with Gasteiger partial charge in [-0.2, -0.15) is 0 Å². The number of Topliss-reactive ketones (excluding diaryl/α,β-unsaturated/α-hetero) is 1. The molecule has 2 heteroatoms. The number of hydrogen-bond donors (Lipinski definition) is 1. The minimum absolute atomic E-state index is 0.164. The van der Waals surface area contributed by atoms with Crippen molar-refractivity contribution in [1.29, 1.82) is 0 Å². The molecule has 2 nitrogen and oxygen atoms in total. The van der Waals surface area contributed by atoms with Crippen LogP contribution in [0.15, 0.2) is 0 Å². The summed E-state index contributed by atoms with van der Waals surface area (Å²) in [6.07, 6.45) is 4.93. The summed E-state index contributed by atoms with van der Waals surface area (Å²) in [4.78, 5) is 10.9. The molecule has 1 rings (SSSR count). The van der Waals surface area contributed by atoms with Crippen LogP contribution in [0.5, 0.6) is 0 Å². The van der Waals surface area contributed by atoms with Gasteiger partial charge in [-0.25, -0.2) is 0 Å². The van der Waals surface area contributed by atoms with Crippen LogP contribution in [0.3, 0.4) is 0 Å². The molecular formula is C10H18O2. The Morgan fingerprint density at radius 2 is 2.08 bits per heavy atom. The molecule has 0 amide bonds. The third-order valence-corrected chi connectivity index (χ3v) is 2.72. The largest absolute Gasteiger partial charge is 0.393 e. The first-order valence-electron chi connectivity index (χ1n) is 4.93. The van der Waals surface area contributed by atoms with Crippen LogP contribution >= 0.6 is 0 Å². The van der Waals surface area contributed by atoms with Crippen molar-refractivity contribution in [3.8, 4) is 0 Å². The molecule has 0 heterocycles. The van der Waals surface area contributed by atoms with E-state index in [9.17, 15) is 9.90 Å². The van der Waals surface area contributed by atoms with Gasteiger partial charge in [0, 0.05) is 12.8 Å². The summed E-state index contributed by atoms with van der Waals surface area (Å²) in [5.74, 6) is 0.762. The zero-order chi connectivity index (χ0) is 8.97. The van der Waals surface area contributed by atoms with Gasteiger partial charge >= 0.3 is 0 Å². The van der Waals surface area contributed by atoms with Crippen LogP contribution in [0.2, 0.25) is 0 Å². The fraction of sp³-hybridized carbons (Fsp3) is 0.900. The molecule has 0 radical (unpaired) electrons. The van der Waals surface area contributed by atoms with Gasteiger partial charge in [0.05, 0.1) is 6.10 Å². The summed E-state index contributed by atoms with van der Waals surface area (Å²) in [5.41, 5.74) is 0. The molecule has 0 saturated heterocycles. The maximum absolute atomic E-state index is 10.9. The van der Waals surface area contributed by atoms with E-state index in [-0.39, 0.29) is 6.10 Å². The van der Waals surface area contributed by atoms with Crippen LogP contribution < -0.4 is 0 Å². The van der Waals surface area contributed by atoms with Crippen molar-refractivity contribution < 1.29 is 9.90 Å². The van der Waals surface area contributed by atoms with E-state index >= 15 is 0 Å². The Kier molecular flexibility index (Phi) is 3.73. The Balaban J connectivity index is 2.28. The SMILES string of the molecule is CCCC(O)C1CCC(=O)CC1. The predicted octanol–water partition coefficient (Wildman–Crippen LogP) is 1.91. The normalized spacial score (nSPS) is 22.7. The quantitative estimate of drug-likeness (QED) is 0.702. The molecule has 1 N–H and O–H groups in total. The van der Waals surface area contributed by atoms with Crippen molar-refractivity contribution in [2.45, 2.75) is 51.6 Å². The summed E-state index contributed by atoms with van der Waals surface area (Å²) in [7, 11) is 0. The standard InChI is InChI=1S/C10H18O2/c1-2-3-10(12)8-4-6-9(11)7-5-8/h8,10,12H,2-7H2,1H3. The average molecular weight is 170 g/mol. The first-order valence-corrected chi connectivity index (χ1v) is 4.93. The average Bonchev–Trinajstić information content (AvgIpc) is 2.06. The highest BCUT2D eigenvalue weighted by atomic mass is 16.3. The second-order valence-electron chi connectivity index (χ2n) is 3.73. The molecule has 1 fully saturated rings. The van der Waals surface area contributed by atoms with E-state index in [0.717, 1.165) is 25.7 Å². The lowest BCUT2D eigenvalue weighted by atomic mass is 9.83. The molecule has 0 bridgehead atoms. The maximum atomic E-state index is 10.9. The fourth-order valence-corrected chi connectivity index (χ4v) is 1.88. The van der Waals surface area contributed by atoms with Gasteiger partial charge in [0.2, 0.25) is 0 Å². The molecule has 70 valence electrons. The smallest absolute Gasteiger partial charge is 0.132 e. The molecule has 1 aliphatic carbocycles. The van der Waals surface area contributed by atoms with Crippen molar-refractivity contribution in [3.05, 3.63) is 0 Å². The highest BCUT2D eigenvalue weighted by Gasteiger charge is 2.24. The fourth-order valence-electron chi connectivity index (χ4n) is 1.88. The predicted molar refractivity (Wildman–Crippen MR) is 47.9 cm³/mol. The summed E-state index contributed by atoms with van der Waals surface area (Å²) in [6.45, 7) is 2.08. The number of carbonyl (C=O) groups excluding carboxylic acids is 1. The van der Waals surface area contributed by atoms with Gasteiger partial charge in [-0.3, -0.25) is 4.79 Å². The van der Waals surface area contributed by atoms with Gasteiger partial charge in [-0.05, 0) is 25.2 Å². The first kappa shape index (κ1) is 9.72. The number of aliphatic hydroxyl groups excluding tert-OH is 1. The molecule has 1 unspecified atom stereocenters. The summed E-state index contributed by atoms with van der Waals surface area (Å²) in [6, 6.07) is 0. The molecule has 0 spiro atoms. The van der Waals surface area contributed by atoms with Crippen LogP contribution in [0.1, 0.15) is 45.4 Å². The molecule has 1 aliphatic rings. The number of ketones is 1. The van der Waals surface area contributed by atoms with Crippen molar-refractivity contribution >= 4 is 5.78 Å². The van der Waals surface area contributed by atoms with E-state index in [1.54, 1.807) is 0 Å². The van der Waals surface area contributed by atoms with Crippen molar-refractivity contribution in [1.82, 2.24) is 0 Å². The zero-order valence-electron chi connectivity index (χ0n) is 7.75. The van der Waals surface area contributed by atoms with Crippen LogP contribution in [-0.4, -0.2) is 17.0 Å². The van der Waals surface area contributed by atoms with Gasteiger partial charge < -0.3 is 5.11 Å². The van der Waals surface area contributed by atoms with Gasteiger partial charge in [-0.1, -0.05) is 13.3 Å². The summed E-state index contributed by atoms with van der Waals surface area (Å²) < 4.78 is 0. The third-order valence-electron chi connectivity index (χ3n) is 2.72. The lowest BCUT2D eigenvalue weighted by molar-refractivity contribution is -0.121. The third kappa shape index (κ3) is 2.59. The van der Waals surface area contributed by atoms with Gasteiger partial charge in [0.25, 0.3) is 0 Å². The number of rotatable bonds is 3. The highest BCUT2D eigenvalue weighted by Crippen LogP contribution is 2.26. The van der Waals surface area contributed by atoms with E-state index in [1.165, 1.54) is 0 Å². The van der Waals surface area contributed by atoms with Crippen LogP contribution in [0.25, 0.3) is 0 Å². The van der Waals surface area contributed by atoms with Gasteiger partial charge in [-0.15, -0.1) is 0 Å². The molecular weight excluding hydrogens is 152 g/mol. The summed E-state index contributed by atoms with van der Waals surface area (Å²) in [5, 5.41) is 9.65. The monoisotopic (exact) mass is 170 g/mol. The lowest BCUT2D eigenvalue weighted by Gasteiger charge is -2.25. The molecule has 0 aromatic carbocycles. The summed E-state index contributed by atoms with van der Waals surface area (Å²) >= 11 is 0. The molecule has 12 heavy (non-hydrogen) atoms. The Morgan fingerprint density at radius 3 is 2.58 bits per heavy atom. The van der Waals surface area contributed by atoms with E-state index in [0.29, 0.717) is 24.5 Å². The number of aliphatic hydroxyl groups is 1. The minimum Gasteiger partial charge on any atom is -0.393 e. The number of hydrogen-bond acceptors (Lipinski definition) is 2. The van der Waals surface area contributed by atoms with Crippen molar-refractivity contribution in [2.75, 3.05) is 0 Å². The lowest BCUT2D eigenvalue weighted by Crippen LogP contribution is -2.25. The van der Waals surface area contributed by atoms with E-state index in [4.69, 9.17) is 0 Å². The first-order chi connectivity index (χ1) is 5.74. The number of carbonyl (C=O) groups is 1. The van der Waals surface area contributed by atoms with Crippen molar-refractivity contribution in [3.63, 3.8) is 0 Å². The minimum atomic E-state index is -0.164. The van der Waals surface area contributed by atoms with Crippen LogP contribution in [-0.2, 0) is 4.79 Å². The van der Waals surface area contributed by atoms with Gasteiger partial charge in [0.1, 0.15) is 5.78 Å². The Hall–Kier alpha value is -0.370. The van der Waals surface area contributed by atoms with E-state index < -0.39 is 0 Å². The van der Waals surface area contributed by atoms with E-state index in [2.05, 4.69) is 6.92 Å². The topological polar surface area (TPSA) is 37.3 Å². The second kappa shape index (κ2) is 4.61. The Morgan fingerprint density at radius 1 is 1.50 bits per heavy atom. The van der Waals surface area contributed by atoms with Crippen molar-refractivity contribution in [2.24, 2.45) is 5.92 Å². The maximum Gasteiger partial charge on any atom is 0.132 e. The molecule has 1 atom stereocenters.